The molecule has 21 heavy (non-hydrogen) atoms. The van der Waals surface area contributed by atoms with Gasteiger partial charge in [0.05, 0.1) is 5.56 Å². The minimum absolute atomic E-state index is 0.167. The molecule has 2 aromatic rings. The summed E-state index contributed by atoms with van der Waals surface area (Å²) in [7, 11) is 0. The van der Waals surface area contributed by atoms with E-state index in [1.54, 1.807) is 0 Å². The Hall–Kier alpha value is -2.27. The lowest BCUT2D eigenvalue weighted by atomic mass is 10.1. The summed E-state index contributed by atoms with van der Waals surface area (Å²) in [6.45, 7) is 2.08. The van der Waals surface area contributed by atoms with Crippen LogP contribution in [-0.4, -0.2) is 5.91 Å². The lowest BCUT2D eigenvalue weighted by Gasteiger charge is -2.10. The van der Waals surface area contributed by atoms with E-state index in [2.05, 4.69) is 5.32 Å². The highest BCUT2D eigenvalue weighted by atomic mass is 19.1. The number of benzene rings is 2. The monoisotopic (exact) mass is 290 g/mol. The number of amides is 1. The highest BCUT2D eigenvalue weighted by molar-refractivity contribution is 5.94. The molecule has 5 heteroatoms. The Bertz CT molecular complexity index is 671. The van der Waals surface area contributed by atoms with E-state index in [-0.39, 0.29) is 17.7 Å². The van der Waals surface area contributed by atoms with Gasteiger partial charge in [-0.15, -0.1) is 0 Å². The van der Waals surface area contributed by atoms with Gasteiger partial charge in [-0.3, -0.25) is 4.79 Å². The highest BCUT2D eigenvalue weighted by Crippen LogP contribution is 2.14. The van der Waals surface area contributed by atoms with E-state index in [9.17, 15) is 13.6 Å². The summed E-state index contributed by atoms with van der Waals surface area (Å²) in [6, 6.07) is 9.32. The predicted molar refractivity (Wildman–Crippen MR) is 76.6 cm³/mol. The molecule has 110 valence electrons. The Balaban J connectivity index is 2.14. The number of nitrogens with one attached hydrogen (secondary N) is 1. The molecule has 2 aromatic carbocycles. The van der Waals surface area contributed by atoms with Gasteiger partial charge in [-0.2, -0.15) is 0 Å². The SMILES string of the molecule is Cc1cc(C(=O)NCc2ccccc2CN)c(F)cc1F. The molecular formula is C16H16F2N2O. The summed E-state index contributed by atoms with van der Waals surface area (Å²) >= 11 is 0. The molecule has 3 nitrogen and oxygen atoms in total. The van der Waals surface area contributed by atoms with Crippen LogP contribution in [-0.2, 0) is 13.1 Å². The average Bonchev–Trinajstić information content (AvgIpc) is 2.48. The largest absolute Gasteiger partial charge is 0.348 e. The third kappa shape index (κ3) is 3.44. The molecule has 0 aliphatic carbocycles. The molecule has 0 bridgehead atoms. The van der Waals surface area contributed by atoms with Gasteiger partial charge in [0, 0.05) is 19.2 Å². The van der Waals surface area contributed by atoms with Gasteiger partial charge in [0.15, 0.2) is 0 Å². The zero-order valence-electron chi connectivity index (χ0n) is 11.6. The van der Waals surface area contributed by atoms with Crippen molar-refractivity contribution in [3.63, 3.8) is 0 Å². The Morgan fingerprint density at radius 2 is 1.81 bits per heavy atom. The van der Waals surface area contributed by atoms with Crippen molar-refractivity contribution >= 4 is 5.91 Å². The molecule has 0 saturated heterocycles. The van der Waals surface area contributed by atoms with Crippen molar-refractivity contribution in [1.29, 1.82) is 0 Å². The lowest BCUT2D eigenvalue weighted by Crippen LogP contribution is -2.25. The van der Waals surface area contributed by atoms with Crippen LogP contribution in [0.25, 0.3) is 0 Å². The van der Waals surface area contributed by atoms with Gasteiger partial charge in [0.1, 0.15) is 11.6 Å². The van der Waals surface area contributed by atoms with Crippen LogP contribution in [0.2, 0.25) is 0 Å². The Morgan fingerprint density at radius 3 is 2.48 bits per heavy atom. The Labute approximate surface area is 121 Å². The number of rotatable bonds is 4. The van der Waals surface area contributed by atoms with E-state index >= 15 is 0 Å². The first kappa shape index (κ1) is 15.1. The summed E-state index contributed by atoms with van der Waals surface area (Å²) in [6.07, 6.45) is 0. The number of carbonyl (C=O) groups excluding carboxylic acids is 1. The number of hydrogen-bond acceptors (Lipinski definition) is 2. The van der Waals surface area contributed by atoms with E-state index < -0.39 is 17.5 Å². The van der Waals surface area contributed by atoms with Gasteiger partial charge >= 0.3 is 0 Å². The first-order chi connectivity index (χ1) is 10.0. The normalized spacial score (nSPS) is 10.5. The molecule has 0 atom stereocenters. The molecule has 0 fully saturated rings. The lowest BCUT2D eigenvalue weighted by molar-refractivity contribution is 0.0946. The van der Waals surface area contributed by atoms with Gasteiger partial charge < -0.3 is 11.1 Å². The van der Waals surface area contributed by atoms with E-state index in [4.69, 9.17) is 5.73 Å². The van der Waals surface area contributed by atoms with Crippen LogP contribution >= 0.6 is 0 Å². The van der Waals surface area contributed by atoms with Crippen LogP contribution in [0.5, 0.6) is 0 Å². The molecule has 0 aromatic heterocycles. The topological polar surface area (TPSA) is 55.1 Å². The van der Waals surface area contributed by atoms with E-state index in [0.29, 0.717) is 6.54 Å². The fourth-order valence-corrected chi connectivity index (χ4v) is 2.03. The van der Waals surface area contributed by atoms with Gasteiger partial charge in [-0.05, 0) is 29.7 Å². The van der Waals surface area contributed by atoms with E-state index in [1.807, 2.05) is 24.3 Å². The molecular weight excluding hydrogens is 274 g/mol. The second kappa shape index (κ2) is 6.45. The smallest absolute Gasteiger partial charge is 0.254 e. The molecule has 0 aliphatic heterocycles. The second-order valence-corrected chi connectivity index (χ2v) is 4.74. The van der Waals surface area contributed by atoms with Crippen LogP contribution in [0.4, 0.5) is 8.78 Å². The first-order valence-electron chi connectivity index (χ1n) is 6.53. The van der Waals surface area contributed by atoms with Gasteiger partial charge in [-0.25, -0.2) is 8.78 Å². The van der Waals surface area contributed by atoms with Gasteiger partial charge in [0.2, 0.25) is 0 Å². The summed E-state index contributed by atoms with van der Waals surface area (Å²) < 4.78 is 26.8. The van der Waals surface area contributed by atoms with E-state index in [1.165, 1.54) is 13.0 Å². The fraction of sp³-hybridized carbons (Fsp3) is 0.188. The van der Waals surface area contributed by atoms with Crippen molar-refractivity contribution in [2.75, 3.05) is 0 Å². The number of carbonyl (C=O) groups is 1. The number of nitrogens with two attached hydrogens (primary N) is 1. The van der Waals surface area contributed by atoms with Crippen LogP contribution < -0.4 is 11.1 Å². The number of halogens is 2. The average molecular weight is 290 g/mol. The zero-order valence-corrected chi connectivity index (χ0v) is 11.6. The minimum Gasteiger partial charge on any atom is -0.348 e. The van der Waals surface area contributed by atoms with Crippen molar-refractivity contribution in [2.24, 2.45) is 5.73 Å². The van der Waals surface area contributed by atoms with Gasteiger partial charge in [0.25, 0.3) is 5.91 Å². The summed E-state index contributed by atoms with van der Waals surface area (Å²) in [5.74, 6) is -2.12. The highest BCUT2D eigenvalue weighted by Gasteiger charge is 2.14. The molecule has 3 N–H and O–H groups in total. The first-order valence-corrected chi connectivity index (χ1v) is 6.53. The molecule has 0 saturated carbocycles. The molecule has 0 aliphatic rings. The molecule has 0 unspecified atom stereocenters. The van der Waals surface area contributed by atoms with Crippen LogP contribution in [0, 0.1) is 18.6 Å². The van der Waals surface area contributed by atoms with E-state index in [0.717, 1.165) is 17.2 Å². The molecule has 0 spiro atoms. The second-order valence-electron chi connectivity index (χ2n) is 4.74. The maximum Gasteiger partial charge on any atom is 0.254 e. The maximum absolute atomic E-state index is 13.6. The number of aryl methyl sites for hydroxylation is 1. The zero-order chi connectivity index (χ0) is 15.4. The third-order valence-corrected chi connectivity index (χ3v) is 3.27. The quantitative estimate of drug-likeness (QED) is 0.909. The fourth-order valence-electron chi connectivity index (χ4n) is 2.03. The van der Waals surface area contributed by atoms with Crippen LogP contribution in [0.1, 0.15) is 27.0 Å². The summed E-state index contributed by atoms with van der Waals surface area (Å²) in [5, 5.41) is 2.62. The van der Waals surface area contributed by atoms with Crippen molar-refractivity contribution in [2.45, 2.75) is 20.0 Å². The Morgan fingerprint density at radius 1 is 1.14 bits per heavy atom. The third-order valence-electron chi connectivity index (χ3n) is 3.27. The van der Waals surface area contributed by atoms with Crippen molar-refractivity contribution in [3.8, 4) is 0 Å². The Kier molecular flexibility index (Phi) is 4.65. The molecule has 0 heterocycles. The number of hydrogen-bond donors (Lipinski definition) is 2. The summed E-state index contributed by atoms with van der Waals surface area (Å²) in [5.41, 5.74) is 7.45. The minimum atomic E-state index is -0.872. The van der Waals surface area contributed by atoms with Crippen LogP contribution in [0.15, 0.2) is 36.4 Å². The summed E-state index contributed by atoms with van der Waals surface area (Å²) in [4.78, 5) is 12.0. The van der Waals surface area contributed by atoms with Crippen LogP contribution in [0.3, 0.4) is 0 Å². The maximum atomic E-state index is 13.6. The molecule has 0 radical (unpaired) electrons. The van der Waals surface area contributed by atoms with Crippen molar-refractivity contribution in [3.05, 3.63) is 70.3 Å². The molecule has 2 rings (SSSR count). The van der Waals surface area contributed by atoms with Crippen molar-refractivity contribution in [1.82, 2.24) is 5.32 Å². The predicted octanol–water partition coefficient (Wildman–Crippen LogP) is 2.66. The molecule has 1 amide bonds. The van der Waals surface area contributed by atoms with Crippen molar-refractivity contribution < 1.29 is 13.6 Å². The van der Waals surface area contributed by atoms with Gasteiger partial charge in [-0.1, -0.05) is 24.3 Å². The standard InChI is InChI=1S/C16H16F2N2O/c1-10-6-13(15(18)7-14(10)17)16(21)20-9-12-5-3-2-4-11(12)8-19/h2-7H,8-9,19H2,1H3,(H,20,21).